The molecule has 5 heterocycles. The molecule has 0 spiro atoms. The predicted octanol–water partition coefficient (Wildman–Crippen LogP) is 15.6. The van der Waals surface area contributed by atoms with Gasteiger partial charge >= 0.3 is 0 Å². The molecule has 0 saturated carbocycles. The fourth-order valence-corrected chi connectivity index (χ4v) is 11.2. The van der Waals surface area contributed by atoms with E-state index >= 15 is 0 Å². The lowest BCUT2D eigenvalue weighted by molar-refractivity contribution is 0.952. The molecule has 0 N–H and O–H groups in total. The monoisotopic (exact) mass is 893 g/mol. The van der Waals surface area contributed by atoms with Gasteiger partial charge in [-0.2, -0.15) is 9.97 Å². The van der Waals surface area contributed by atoms with Crippen molar-refractivity contribution in [1.29, 1.82) is 0 Å². The lowest BCUT2D eigenvalue weighted by atomic mass is 10.1. The molecule has 5 aromatic heterocycles. The molecular formula is C63H39N7. The van der Waals surface area contributed by atoms with Crippen LogP contribution >= 0.6 is 0 Å². The highest BCUT2D eigenvalue weighted by molar-refractivity contribution is 6.21. The van der Waals surface area contributed by atoms with E-state index < -0.39 is 0 Å². The first-order valence-corrected chi connectivity index (χ1v) is 23.7. The van der Waals surface area contributed by atoms with Crippen LogP contribution in [-0.2, 0) is 0 Å². The van der Waals surface area contributed by atoms with Gasteiger partial charge in [-0.25, -0.2) is 4.98 Å². The maximum atomic E-state index is 5.56. The molecule has 0 radical (unpaired) electrons. The summed E-state index contributed by atoms with van der Waals surface area (Å²) < 4.78 is 9.39. The molecule has 10 aromatic carbocycles. The Labute approximate surface area is 401 Å². The van der Waals surface area contributed by atoms with Crippen LogP contribution in [0.5, 0.6) is 0 Å². The highest BCUT2D eigenvalue weighted by atomic mass is 15.2. The van der Waals surface area contributed by atoms with Gasteiger partial charge in [0.2, 0.25) is 5.95 Å². The number of para-hydroxylation sites is 7. The van der Waals surface area contributed by atoms with Gasteiger partial charge in [0.25, 0.3) is 0 Å². The third-order valence-electron chi connectivity index (χ3n) is 14.2. The molecule has 326 valence electrons. The van der Waals surface area contributed by atoms with Gasteiger partial charge in [-0.05, 0) is 84.9 Å². The summed E-state index contributed by atoms with van der Waals surface area (Å²) >= 11 is 0. The lowest BCUT2D eigenvalue weighted by Crippen LogP contribution is -2.08. The molecule has 0 unspecified atom stereocenters. The number of nitrogens with zero attached hydrogens (tertiary/aromatic N) is 7. The van der Waals surface area contributed by atoms with E-state index in [-0.39, 0.29) is 0 Å². The second kappa shape index (κ2) is 15.0. The van der Waals surface area contributed by atoms with Crippen molar-refractivity contribution in [2.75, 3.05) is 0 Å². The number of hydrogen-bond donors (Lipinski definition) is 0. The van der Waals surface area contributed by atoms with E-state index in [1.165, 1.54) is 37.8 Å². The number of benzene rings is 10. The van der Waals surface area contributed by atoms with Crippen LogP contribution < -0.4 is 0 Å². The zero-order valence-electron chi connectivity index (χ0n) is 37.6. The van der Waals surface area contributed by atoms with Crippen molar-refractivity contribution >= 4 is 87.2 Å². The van der Waals surface area contributed by atoms with Gasteiger partial charge in [0.15, 0.2) is 11.6 Å². The van der Waals surface area contributed by atoms with Gasteiger partial charge in [0, 0.05) is 65.6 Å². The topological polar surface area (TPSA) is 58.4 Å². The Kier molecular flexibility index (Phi) is 8.23. The molecule has 0 bridgehead atoms. The minimum Gasteiger partial charge on any atom is -0.309 e. The van der Waals surface area contributed by atoms with Crippen LogP contribution in [0.1, 0.15) is 0 Å². The Hall–Kier alpha value is -9.59. The summed E-state index contributed by atoms with van der Waals surface area (Å²) in [5.74, 6) is 1.72. The van der Waals surface area contributed by atoms with Crippen LogP contribution in [0.15, 0.2) is 237 Å². The molecule has 0 atom stereocenters. The quantitative estimate of drug-likeness (QED) is 0.167. The van der Waals surface area contributed by atoms with Crippen LogP contribution in [0, 0.1) is 0 Å². The van der Waals surface area contributed by atoms with E-state index in [0.717, 1.165) is 77.6 Å². The summed E-state index contributed by atoms with van der Waals surface area (Å²) in [5.41, 5.74) is 13.8. The van der Waals surface area contributed by atoms with Crippen molar-refractivity contribution in [2.24, 2.45) is 0 Å². The summed E-state index contributed by atoms with van der Waals surface area (Å²) in [7, 11) is 0. The Morgan fingerprint density at radius 1 is 0.243 bits per heavy atom. The standard InChI is InChI=1S/C63H39N7/c1-4-20-40(21-5-1)61-64-62(66-63(65-61)70-55-34-18-13-29-46(55)51-37-49-44-27-11-16-32-53(44)68(58(49)39-60(51)70)42-24-8-3-9-25-42)47-30-14-19-35-56(47)69-54-33-17-12-28-45(54)50-36-48-43-26-10-15-31-52(43)67(57(48)38-59(50)69)41-22-6-2-7-23-41/h1-39H. The predicted molar refractivity (Wildman–Crippen MR) is 288 cm³/mol. The highest BCUT2D eigenvalue weighted by Gasteiger charge is 2.24. The Balaban J connectivity index is 1.02. The molecule has 0 fully saturated rings. The van der Waals surface area contributed by atoms with Crippen molar-refractivity contribution in [3.8, 4) is 45.8 Å². The first-order chi connectivity index (χ1) is 34.7. The number of rotatable bonds is 6. The van der Waals surface area contributed by atoms with E-state index in [1.54, 1.807) is 0 Å². The Morgan fingerprint density at radius 3 is 1.13 bits per heavy atom. The van der Waals surface area contributed by atoms with Crippen LogP contribution in [0.25, 0.3) is 133 Å². The largest absolute Gasteiger partial charge is 0.309 e. The number of aromatic nitrogens is 7. The van der Waals surface area contributed by atoms with Crippen LogP contribution in [-0.4, -0.2) is 33.2 Å². The Bertz CT molecular complexity index is 4580. The summed E-state index contributed by atoms with van der Waals surface area (Å²) in [6.07, 6.45) is 0. The Morgan fingerprint density at radius 2 is 0.614 bits per heavy atom. The summed E-state index contributed by atoms with van der Waals surface area (Å²) in [4.78, 5) is 16.3. The first-order valence-electron chi connectivity index (χ1n) is 23.7. The average Bonchev–Trinajstić information content (AvgIpc) is 4.14. The maximum absolute atomic E-state index is 5.56. The van der Waals surface area contributed by atoms with Crippen molar-refractivity contribution in [3.05, 3.63) is 237 Å². The molecule has 0 saturated heterocycles. The fraction of sp³-hybridized carbons (Fsp3) is 0. The molecule has 0 aliphatic carbocycles. The molecule has 15 rings (SSSR count). The van der Waals surface area contributed by atoms with Gasteiger partial charge in [-0.1, -0.05) is 152 Å². The second-order valence-electron chi connectivity index (χ2n) is 18.0. The van der Waals surface area contributed by atoms with E-state index in [1.807, 2.05) is 18.2 Å². The maximum Gasteiger partial charge on any atom is 0.238 e. The third kappa shape index (κ3) is 5.60. The minimum absolute atomic E-state index is 0.544. The normalized spacial score (nSPS) is 12.0. The molecular weight excluding hydrogens is 855 g/mol. The van der Waals surface area contributed by atoms with Crippen LogP contribution in [0.4, 0.5) is 0 Å². The van der Waals surface area contributed by atoms with Gasteiger partial charge in [-0.15, -0.1) is 0 Å². The van der Waals surface area contributed by atoms with Crippen molar-refractivity contribution < 1.29 is 0 Å². The molecule has 15 aromatic rings. The van der Waals surface area contributed by atoms with Crippen LogP contribution in [0.3, 0.4) is 0 Å². The van der Waals surface area contributed by atoms with Crippen molar-refractivity contribution in [3.63, 3.8) is 0 Å². The van der Waals surface area contributed by atoms with Gasteiger partial charge in [0.1, 0.15) is 0 Å². The summed E-state index contributed by atoms with van der Waals surface area (Å²) in [5, 5.41) is 9.45. The number of hydrogen-bond acceptors (Lipinski definition) is 3. The third-order valence-corrected chi connectivity index (χ3v) is 14.2. The SMILES string of the molecule is c1ccc(-c2nc(-c3ccccc3-n3c4ccccc4c4cc5c6ccccc6n(-c6ccccc6)c5cc43)nc(-n3c4ccccc4c4cc5c6ccccc6n(-c6ccccc6)c5cc43)n2)cc1. The number of fused-ring (bicyclic) bond motifs is 12. The smallest absolute Gasteiger partial charge is 0.238 e. The van der Waals surface area contributed by atoms with E-state index in [0.29, 0.717) is 17.6 Å². The van der Waals surface area contributed by atoms with Gasteiger partial charge in [-0.3, -0.25) is 4.57 Å². The van der Waals surface area contributed by atoms with Gasteiger partial charge < -0.3 is 13.7 Å². The molecule has 7 heteroatoms. The zero-order valence-corrected chi connectivity index (χ0v) is 37.6. The van der Waals surface area contributed by atoms with E-state index in [2.05, 4.69) is 237 Å². The van der Waals surface area contributed by atoms with Crippen molar-refractivity contribution in [2.45, 2.75) is 0 Å². The molecule has 0 aliphatic rings. The minimum atomic E-state index is 0.544. The van der Waals surface area contributed by atoms with Gasteiger partial charge in [0.05, 0.1) is 49.8 Å². The zero-order chi connectivity index (χ0) is 45.9. The molecule has 70 heavy (non-hydrogen) atoms. The van der Waals surface area contributed by atoms with E-state index in [4.69, 9.17) is 15.0 Å². The molecule has 0 amide bonds. The lowest BCUT2D eigenvalue weighted by Gasteiger charge is -2.15. The average molecular weight is 894 g/mol. The second-order valence-corrected chi connectivity index (χ2v) is 18.0. The van der Waals surface area contributed by atoms with Crippen LogP contribution in [0.2, 0.25) is 0 Å². The van der Waals surface area contributed by atoms with Crippen molar-refractivity contribution in [1.82, 2.24) is 33.2 Å². The summed E-state index contributed by atoms with van der Waals surface area (Å²) in [6.45, 7) is 0. The first kappa shape index (κ1) is 38.5. The molecule has 7 nitrogen and oxygen atoms in total. The summed E-state index contributed by atoms with van der Waals surface area (Å²) in [6, 6.07) is 84.3. The van der Waals surface area contributed by atoms with E-state index in [9.17, 15) is 0 Å². The molecule has 0 aliphatic heterocycles. The fourth-order valence-electron chi connectivity index (χ4n) is 11.2. The highest BCUT2D eigenvalue weighted by Crippen LogP contribution is 2.43.